The zero-order valence-corrected chi connectivity index (χ0v) is 13.3. The molecule has 1 aliphatic rings. The van der Waals surface area contributed by atoms with E-state index in [9.17, 15) is 4.79 Å². The predicted octanol–water partition coefficient (Wildman–Crippen LogP) is 3.99. The molecule has 0 aromatic heterocycles. The minimum atomic E-state index is -1.05. The van der Waals surface area contributed by atoms with Crippen LogP contribution in [-0.4, -0.2) is 5.78 Å². The number of benzene rings is 2. The molecule has 0 fully saturated rings. The van der Waals surface area contributed by atoms with Gasteiger partial charge in [0.1, 0.15) is 12.5 Å². The molecule has 2 aromatic rings. The van der Waals surface area contributed by atoms with Gasteiger partial charge in [-0.3, -0.25) is 4.79 Å². The van der Waals surface area contributed by atoms with Crippen molar-refractivity contribution in [2.45, 2.75) is 25.0 Å². The maximum absolute atomic E-state index is 12.0. The molecule has 0 spiro atoms. The number of carbonyl (C=O) groups is 1. The number of carbonyl (C=O) groups excluding carboxylic acids is 1. The summed E-state index contributed by atoms with van der Waals surface area (Å²) in [5.41, 5.74) is 2.50. The number of hydrogen-bond donors (Lipinski definition) is 0. The number of nitrogens with zero attached hydrogens (tertiary/aromatic N) is 1. The fourth-order valence-electron chi connectivity index (χ4n) is 2.80. The Hall–Kier alpha value is -3.06. The largest absolute Gasteiger partial charge is 0.449 e. The molecule has 2 aromatic carbocycles. The summed E-state index contributed by atoms with van der Waals surface area (Å²) in [5.74, 6) is -1.50. The summed E-state index contributed by atoms with van der Waals surface area (Å²) in [7, 11) is 0. The smallest absolute Gasteiger partial charge is 0.304 e. The van der Waals surface area contributed by atoms with Crippen LogP contribution in [0.2, 0.25) is 0 Å². The number of Topliss-reactive ketones (excluding diaryl/α,β-unsaturated/α-hetero) is 1. The van der Waals surface area contributed by atoms with E-state index >= 15 is 0 Å². The Morgan fingerprint density at radius 1 is 1.08 bits per heavy atom. The highest BCUT2D eigenvalue weighted by Crippen LogP contribution is 2.39. The second-order valence-electron chi connectivity index (χ2n) is 5.64. The van der Waals surface area contributed by atoms with Gasteiger partial charge < -0.3 is 9.47 Å². The quantitative estimate of drug-likeness (QED) is 0.836. The van der Waals surface area contributed by atoms with Crippen molar-refractivity contribution in [1.29, 1.82) is 5.26 Å². The maximum Gasteiger partial charge on any atom is 0.304 e. The molecule has 3 rings (SSSR count). The molecule has 1 unspecified atom stereocenters. The number of ketones is 1. The van der Waals surface area contributed by atoms with Crippen LogP contribution >= 0.6 is 0 Å². The van der Waals surface area contributed by atoms with Crippen LogP contribution in [0.4, 0.5) is 0 Å². The summed E-state index contributed by atoms with van der Waals surface area (Å²) in [4.78, 5) is 12.0. The van der Waals surface area contributed by atoms with Gasteiger partial charge in [0.05, 0.1) is 12.5 Å². The molecule has 1 heterocycles. The first-order chi connectivity index (χ1) is 11.7. The molecule has 0 aliphatic carbocycles. The molecule has 0 radical (unpaired) electrons. The van der Waals surface area contributed by atoms with Crippen molar-refractivity contribution in [1.82, 2.24) is 0 Å². The Balaban J connectivity index is 2.01. The van der Waals surface area contributed by atoms with Crippen molar-refractivity contribution in [3.05, 3.63) is 83.8 Å². The number of hydrogen-bond acceptors (Lipinski definition) is 4. The molecule has 0 saturated heterocycles. The van der Waals surface area contributed by atoms with E-state index in [-0.39, 0.29) is 18.1 Å². The fourth-order valence-corrected chi connectivity index (χ4v) is 2.80. The van der Waals surface area contributed by atoms with Crippen LogP contribution in [0.25, 0.3) is 0 Å². The third-order valence-electron chi connectivity index (χ3n) is 4.18. The Morgan fingerprint density at radius 2 is 1.75 bits per heavy atom. The average Bonchev–Trinajstić information content (AvgIpc) is 3.13. The summed E-state index contributed by atoms with van der Waals surface area (Å²) in [6.07, 6.45) is 2.94. The van der Waals surface area contributed by atoms with Crippen LogP contribution in [0.5, 0.6) is 0 Å². The highest BCUT2D eigenvalue weighted by molar-refractivity contribution is 5.87. The van der Waals surface area contributed by atoms with Crippen LogP contribution in [0.3, 0.4) is 0 Å². The Labute approximate surface area is 140 Å². The van der Waals surface area contributed by atoms with Crippen molar-refractivity contribution in [3.63, 3.8) is 0 Å². The lowest BCUT2D eigenvalue weighted by molar-refractivity contribution is -0.119. The van der Waals surface area contributed by atoms with Gasteiger partial charge in [0, 0.05) is 17.0 Å². The summed E-state index contributed by atoms with van der Waals surface area (Å²) >= 11 is 0. The van der Waals surface area contributed by atoms with Gasteiger partial charge in [-0.05, 0) is 11.6 Å². The Kier molecular flexibility index (Phi) is 4.35. The molecular formula is C20H17NO3. The Bertz CT molecular complexity index is 797. The van der Waals surface area contributed by atoms with E-state index in [0.717, 1.165) is 16.7 Å². The van der Waals surface area contributed by atoms with E-state index in [4.69, 9.17) is 14.7 Å². The first-order valence-corrected chi connectivity index (χ1v) is 7.73. The van der Waals surface area contributed by atoms with Gasteiger partial charge in [-0.15, -0.1) is 0 Å². The van der Waals surface area contributed by atoms with Gasteiger partial charge in [-0.1, -0.05) is 55.5 Å². The number of nitriles is 1. The van der Waals surface area contributed by atoms with E-state index in [2.05, 4.69) is 0 Å². The second kappa shape index (κ2) is 6.59. The summed E-state index contributed by atoms with van der Waals surface area (Å²) in [6.45, 7) is 1.81. The third kappa shape index (κ3) is 2.77. The topological polar surface area (TPSA) is 59.3 Å². The van der Waals surface area contributed by atoms with Crippen molar-refractivity contribution >= 4 is 5.78 Å². The van der Waals surface area contributed by atoms with Gasteiger partial charge in [-0.2, -0.15) is 5.26 Å². The second-order valence-corrected chi connectivity index (χ2v) is 5.64. The van der Waals surface area contributed by atoms with E-state index in [1.807, 2.05) is 67.6 Å². The molecule has 0 N–H and O–H groups in total. The fraction of sp³-hybridized carbons (Fsp3) is 0.200. The zero-order valence-electron chi connectivity index (χ0n) is 13.3. The molecular weight excluding hydrogens is 302 g/mol. The highest BCUT2D eigenvalue weighted by Gasteiger charge is 2.40. The van der Waals surface area contributed by atoms with Crippen molar-refractivity contribution < 1.29 is 14.3 Å². The first-order valence-electron chi connectivity index (χ1n) is 7.73. The standard InChI is InChI=1S/C20H17NO3/c1-15(19(22)10-11-21)16-6-5-9-18(14-16)20(23-12-13-24-20)17-7-3-2-4-8-17/h2-9,12-15H,10H2,1H3. The summed E-state index contributed by atoms with van der Waals surface area (Å²) < 4.78 is 11.6. The van der Waals surface area contributed by atoms with Crippen molar-refractivity contribution in [3.8, 4) is 6.07 Å². The minimum absolute atomic E-state index is 0.0935. The summed E-state index contributed by atoms with van der Waals surface area (Å²) in [5, 5.41) is 8.73. The van der Waals surface area contributed by atoms with Crippen molar-refractivity contribution in [2.75, 3.05) is 0 Å². The lowest BCUT2D eigenvalue weighted by Crippen LogP contribution is -2.28. The molecule has 120 valence electrons. The SMILES string of the molecule is CC(C(=O)CC#N)c1cccc(C2(c3ccccc3)OC=CO2)c1. The van der Waals surface area contributed by atoms with Gasteiger partial charge in [-0.25, -0.2) is 0 Å². The van der Waals surface area contributed by atoms with Crippen LogP contribution < -0.4 is 0 Å². The highest BCUT2D eigenvalue weighted by atomic mass is 16.7. The van der Waals surface area contributed by atoms with E-state index in [1.165, 1.54) is 12.5 Å². The summed E-state index contributed by atoms with van der Waals surface area (Å²) in [6, 6.07) is 19.1. The van der Waals surface area contributed by atoms with Crippen LogP contribution in [0, 0.1) is 11.3 Å². The van der Waals surface area contributed by atoms with Crippen LogP contribution in [-0.2, 0) is 20.1 Å². The van der Waals surface area contributed by atoms with E-state index in [1.54, 1.807) is 0 Å². The molecule has 24 heavy (non-hydrogen) atoms. The van der Waals surface area contributed by atoms with E-state index < -0.39 is 5.79 Å². The van der Waals surface area contributed by atoms with Crippen LogP contribution in [0.15, 0.2) is 67.1 Å². The number of rotatable bonds is 5. The van der Waals surface area contributed by atoms with Gasteiger partial charge >= 0.3 is 5.79 Å². The molecule has 0 amide bonds. The average molecular weight is 319 g/mol. The normalized spacial score (nSPS) is 15.8. The lowest BCUT2D eigenvalue weighted by Gasteiger charge is -2.29. The van der Waals surface area contributed by atoms with Crippen LogP contribution in [0.1, 0.15) is 36.0 Å². The van der Waals surface area contributed by atoms with Gasteiger partial charge in [0.15, 0.2) is 5.78 Å². The monoisotopic (exact) mass is 319 g/mol. The minimum Gasteiger partial charge on any atom is -0.449 e. The molecule has 0 bridgehead atoms. The van der Waals surface area contributed by atoms with Crippen molar-refractivity contribution in [2.24, 2.45) is 0 Å². The Morgan fingerprint density at radius 3 is 2.42 bits per heavy atom. The molecule has 1 atom stereocenters. The molecule has 4 heteroatoms. The molecule has 0 saturated carbocycles. The van der Waals surface area contributed by atoms with Gasteiger partial charge in [0.2, 0.25) is 0 Å². The first kappa shape index (κ1) is 15.8. The molecule has 1 aliphatic heterocycles. The molecule has 4 nitrogen and oxygen atoms in total. The predicted molar refractivity (Wildman–Crippen MR) is 88.6 cm³/mol. The third-order valence-corrected chi connectivity index (χ3v) is 4.18. The van der Waals surface area contributed by atoms with Gasteiger partial charge in [0.25, 0.3) is 0 Å². The zero-order chi connectivity index (χ0) is 17.0. The number of ether oxygens (including phenoxy) is 2. The lowest BCUT2D eigenvalue weighted by atomic mass is 9.90. The maximum atomic E-state index is 12.0. The van der Waals surface area contributed by atoms with E-state index in [0.29, 0.717) is 0 Å².